The smallest absolute Gasteiger partial charge is 0.187 e. The first-order valence-electron chi connectivity index (χ1n) is 4.68. The zero-order chi connectivity index (χ0) is 12.4. The van der Waals surface area contributed by atoms with E-state index in [-0.39, 0.29) is 11.3 Å². The van der Waals surface area contributed by atoms with Crippen molar-refractivity contribution in [2.75, 3.05) is 5.32 Å². The van der Waals surface area contributed by atoms with Gasteiger partial charge in [0.1, 0.15) is 5.69 Å². The average molecular weight is 251 g/mol. The SMILES string of the molecule is Cc1csc(Nc2c(F)cc(C#N)cc2F)n1. The highest BCUT2D eigenvalue weighted by molar-refractivity contribution is 7.13. The maximum atomic E-state index is 13.5. The largest absolute Gasteiger partial charge is 0.327 e. The summed E-state index contributed by atoms with van der Waals surface area (Å²) in [6.07, 6.45) is 0. The molecular formula is C11H7F2N3S. The van der Waals surface area contributed by atoms with Crippen LogP contribution in [-0.4, -0.2) is 4.98 Å². The lowest BCUT2D eigenvalue weighted by Gasteiger charge is -2.05. The third-order valence-corrected chi connectivity index (χ3v) is 2.90. The number of nitriles is 1. The highest BCUT2D eigenvalue weighted by atomic mass is 32.1. The van der Waals surface area contributed by atoms with Crippen LogP contribution in [0.1, 0.15) is 11.3 Å². The molecule has 1 aromatic carbocycles. The summed E-state index contributed by atoms with van der Waals surface area (Å²) >= 11 is 1.25. The molecule has 1 N–H and O–H groups in total. The van der Waals surface area contributed by atoms with Gasteiger partial charge in [0.05, 0.1) is 17.3 Å². The van der Waals surface area contributed by atoms with E-state index < -0.39 is 11.6 Å². The Kier molecular flexibility index (Phi) is 3.02. The van der Waals surface area contributed by atoms with Crippen molar-refractivity contribution in [3.8, 4) is 6.07 Å². The molecule has 0 saturated heterocycles. The normalized spacial score (nSPS) is 10.0. The van der Waals surface area contributed by atoms with Gasteiger partial charge >= 0.3 is 0 Å². The summed E-state index contributed by atoms with van der Waals surface area (Å²) in [5.41, 5.74) is 0.422. The molecule has 0 amide bonds. The third-order valence-electron chi connectivity index (χ3n) is 2.02. The molecule has 0 aliphatic rings. The summed E-state index contributed by atoms with van der Waals surface area (Å²) in [7, 11) is 0. The molecule has 2 aromatic rings. The Morgan fingerprint density at radius 3 is 2.47 bits per heavy atom. The number of aryl methyl sites for hydroxylation is 1. The molecule has 1 aromatic heterocycles. The number of anilines is 2. The van der Waals surface area contributed by atoms with Crippen molar-refractivity contribution in [3.05, 3.63) is 40.4 Å². The van der Waals surface area contributed by atoms with Gasteiger partial charge in [-0.3, -0.25) is 0 Å². The lowest BCUT2D eigenvalue weighted by atomic mass is 10.2. The fraction of sp³-hybridized carbons (Fsp3) is 0.0909. The molecule has 6 heteroatoms. The van der Waals surface area contributed by atoms with Crippen LogP contribution in [0.5, 0.6) is 0 Å². The average Bonchev–Trinajstić information content (AvgIpc) is 2.69. The molecule has 0 spiro atoms. The summed E-state index contributed by atoms with van der Waals surface area (Å²) in [5, 5.41) is 13.3. The lowest BCUT2D eigenvalue weighted by Crippen LogP contribution is -1.98. The van der Waals surface area contributed by atoms with E-state index in [2.05, 4.69) is 10.3 Å². The molecule has 0 bridgehead atoms. The van der Waals surface area contributed by atoms with Gasteiger partial charge in [-0.2, -0.15) is 5.26 Å². The minimum atomic E-state index is -0.811. The zero-order valence-corrected chi connectivity index (χ0v) is 9.61. The van der Waals surface area contributed by atoms with Crippen LogP contribution in [0.3, 0.4) is 0 Å². The summed E-state index contributed by atoms with van der Waals surface area (Å²) in [4.78, 5) is 4.04. The topological polar surface area (TPSA) is 48.7 Å². The van der Waals surface area contributed by atoms with Gasteiger partial charge in [0.25, 0.3) is 0 Å². The van der Waals surface area contributed by atoms with Crippen LogP contribution in [0, 0.1) is 29.9 Å². The van der Waals surface area contributed by atoms with Gasteiger partial charge in [0.15, 0.2) is 16.8 Å². The number of hydrogen-bond acceptors (Lipinski definition) is 4. The number of benzene rings is 1. The van der Waals surface area contributed by atoms with Crippen molar-refractivity contribution in [3.63, 3.8) is 0 Å². The molecule has 2 rings (SSSR count). The Balaban J connectivity index is 2.37. The zero-order valence-electron chi connectivity index (χ0n) is 8.79. The fourth-order valence-corrected chi connectivity index (χ4v) is 1.97. The minimum Gasteiger partial charge on any atom is -0.327 e. The van der Waals surface area contributed by atoms with Crippen molar-refractivity contribution >= 4 is 22.2 Å². The van der Waals surface area contributed by atoms with E-state index in [4.69, 9.17) is 5.26 Å². The fourth-order valence-electron chi connectivity index (χ4n) is 1.28. The van der Waals surface area contributed by atoms with Crippen molar-refractivity contribution in [1.29, 1.82) is 5.26 Å². The van der Waals surface area contributed by atoms with Gasteiger partial charge in [-0.05, 0) is 19.1 Å². The Morgan fingerprint density at radius 2 is 2.00 bits per heavy atom. The van der Waals surface area contributed by atoms with Crippen LogP contribution >= 0.6 is 11.3 Å². The van der Waals surface area contributed by atoms with Crippen LogP contribution in [0.2, 0.25) is 0 Å². The number of thiazole rings is 1. The van der Waals surface area contributed by atoms with Gasteiger partial charge in [-0.1, -0.05) is 0 Å². The molecule has 0 atom stereocenters. The van der Waals surface area contributed by atoms with E-state index in [1.54, 1.807) is 18.4 Å². The predicted octanol–water partition coefficient (Wildman–Crippen LogP) is 3.35. The molecule has 0 saturated carbocycles. The van der Waals surface area contributed by atoms with E-state index >= 15 is 0 Å². The number of nitrogens with one attached hydrogen (secondary N) is 1. The van der Waals surface area contributed by atoms with E-state index in [1.807, 2.05) is 0 Å². The Morgan fingerprint density at radius 1 is 1.35 bits per heavy atom. The molecule has 0 unspecified atom stereocenters. The van der Waals surface area contributed by atoms with Crippen molar-refractivity contribution in [1.82, 2.24) is 4.98 Å². The van der Waals surface area contributed by atoms with E-state index in [0.29, 0.717) is 5.13 Å². The van der Waals surface area contributed by atoms with Crippen LogP contribution < -0.4 is 5.32 Å². The van der Waals surface area contributed by atoms with Crippen molar-refractivity contribution < 1.29 is 8.78 Å². The summed E-state index contributed by atoms with van der Waals surface area (Å²) in [6, 6.07) is 3.64. The number of halogens is 2. The lowest BCUT2D eigenvalue weighted by molar-refractivity contribution is 0.590. The van der Waals surface area contributed by atoms with Crippen LogP contribution in [0.4, 0.5) is 19.6 Å². The van der Waals surface area contributed by atoms with Gasteiger partial charge in [0, 0.05) is 5.38 Å². The summed E-state index contributed by atoms with van der Waals surface area (Å²) in [5.74, 6) is -1.62. The van der Waals surface area contributed by atoms with E-state index in [0.717, 1.165) is 17.8 Å². The Bertz CT molecular complexity index is 578. The minimum absolute atomic E-state index is 0.0548. The maximum absolute atomic E-state index is 13.5. The first-order valence-corrected chi connectivity index (χ1v) is 5.56. The quantitative estimate of drug-likeness (QED) is 0.890. The number of rotatable bonds is 2. The Labute approximate surface area is 100 Å². The molecule has 1 heterocycles. The first-order chi connectivity index (χ1) is 8.10. The summed E-state index contributed by atoms with van der Waals surface area (Å²) < 4.78 is 27.0. The molecule has 0 aliphatic heterocycles. The van der Waals surface area contributed by atoms with Gasteiger partial charge in [-0.15, -0.1) is 11.3 Å². The third kappa shape index (κ3) is 2.40. The second-order valence-corrected chi connectivity index (χ2v) is 4.20. The number of hydrogen-bond donors (Lipinski definition) is 1. The second kappa shape index (κ2) is 4.47. The van der Waals surface area contributed by atoms with Crippen LogP contribution in [-0.2, 0) is 0 Å². The molecular weight excluding hydrogens is 244 g/mol. The van der Waals surface area contributed by atoms with Crippen LogP contribution in [0.15, 0.2) is 17.5 Å². The highest BCUT2D eigenvalue weighted by Crippen LogP contribution is 2.26. The van der Waals surface area contributed by atoms with Crippen LogP contribution in [0.25, 0.3) is 0 Å². The summed E-state index contributed by atoms with van der Waals surface area (Å²) in [6.45, 7) is 1.78. The standard InChI is InChI=1S/C11H7F2N3S/c1-6-5-17-11(15-6)16-10-8(12)2-7(4-14)3-9(10)13/h2-3,5H,1H3,(H,15,16). The maximum Gasteiger partial charge on any atom is 0.187 e. The molecule has 0 fully saturated rings. The van der Waals surface area contributed by atoms with Gasteiger partial charge in [-0.25, -0.2) is 13.8 Å². The van der Waals surface area contributed by atoms with Crippen molar-refractivity contribution in [2.45, 2.75) is 6.92 Å². The first kappa shape index (κ1) is 11.5. The highest BCUT2D eigenvalue weighted by Gasteiger charge is 2.12. The second-order valence-electron chi connectivity index (χ2n) is 3.35. The van der Waals surface area contributed by atoms with Gasteiger partial charge < -0.3 is 5.32 Å². The number of aromatic nitrogens is 1. The monoisotopic (exact) mass is 251 g/mol. The van der Waals surface area contributed by atoms with E-state index in [9.17, 15) is 8.78 Å². The predicted molar refractivity (Wildman–Crippen MR) is 61.2 cm³/mol. The molecule has 3 nitrogen and oxygen atoms in total. The van der Waals surface area contributed by atoms with Crippen molar-refractivity contribution in [2.24, 2.45) is 0 Å². The van der Waals surface area contributed by atoms with Gasteiger partial charge in [0.2, 0.25) is 0 Å². The Hall–Kier alpha value is -2.00. The molecule has 0 radical (unpaired) electrons. The van der Waals surface area contributed by atoms with E-state index in [1.165, 1.54) is 11.3 Å². The molecule has 17 heavy (non-hydrogen) atoms. The molecule has 86 valence electrons. The molecule has 0 aliphatic carbocycles. The number of nitrogens with zero attached hydrogens (tertiary/aromatic N) is 2.